The fourth-order valence-electron chi connectivity index (χ4n) is 2.11. The summed E-state index contributed by atoms with van der Waals surface area (Å²) < 4.78 is 0. The molecule has 0 atom stereocenters. The largest absolute Gasteiger partial charge is 0.361 e. The summed E-state index contributed by atoms with van der Waals surface area (Å²) in [5.74, 6) is 0. The first-order valence-corrected chi connectivity index (χ1v) is 7.06. The van der Waals surface area contributed by atoms with Crippen LogP contribution in [0.1, 0.15) is 32.8 Å². The Kier molecular flexibility index (Phi) is 4.61. The van der Waals surface area contributed by atoms with Gasteiger partial charge in [0.2, 0.25) is 0 Å². The Labute approximate surface area is 115 Å². The van der Waals surface area contributed by atoms with E-state index < -0.39 is 0 Å². The van der Waals surface area contributed by atoms with Gasteiger partial charge in [0, 0.05) is 23.8 Å². The van der Waals surface area contributed by atoms with Gasteiger partial charge in [-0.3, -0.25) is 0 Å². The van der Waals surface area contributed by atoms with E-state index in [0.29, 0.717) is 0 Å². The first kappa shape index (κ1) is 14.1. The van der Waals surface area contributed by atoms with Gasteiger partial charge in [-0.15, -0.1) is 0 Å². The average Bonchev–Trinajstić information content (AvgIpc) is 2.79. The minimum absolute atomic E-state index is 0.221. The van der Waals surface area contributed by atoms with Crippen LogP contribution in [0.15, 0.2) is 30.5 Å². The van der Waals surface area contributed by atoms with Crippen LogP contribution >= 0.6 is 0 Å². The third-order valence-corrected chi connectivity index (χ3v) is 3.13. The van der Waals surface area contributed by atoms with Gasteiger partial charge < -0.3 is 15.6 Å². The highest BCUT2D eigenvalue weighted by Gasteiger charge is 2.06. The van der Waals surface area contributed by atoms with Crippen LogP contribution < -0.4 is 10.6 Å². The molecule has 2 aromatic rings. The number of fused-ring (bicyclic) bond motifs is 1. The smallest absolute Gasteiger partial charge is 0.0457 e. The lowest BCUT2D eigenvalue weighted by molar-refractivity contribution is 0.418. The molecule has 0 fully saturated rings. The molecule has 0 radical (unpaired) electrons. The maximum absolute atomic E-state index is 3.50. The summed E-state index contributed by atoms with van der Waals surface area (Å²) >= 11 is 0. The Balaban J connectivity index is 1.68. The van der Waals surface area contributed by atoms with Crippen molar-refractivity contribution in [2.75, 3.05) is 13.1 Å². The van der Waals surface area contributed by atoms with Gasteiger partial charge in [-0.1, -0.05) is 12.1 Å². The standard InChI is InChI=1S/C16H25N3/c1-16(2,3)19-9-4-8-17-12-13-5-6-14-7-10-18-15(14)11-13/h5-7,10-11,17-19H,4,8-9,12H2,1-3H3. The second-order valence-corrected chi connectivity index (χ2v) is 6.11. The lowest BCUT2D eigenvalue weighted by Gasteiger charge is -2.20. The van der Waals surface area contributed by atoms with E-state index in [1.165, 1.54) is 16.5 Å². The highest BCUT2D eigenvalue weighted by molar-refractivity contribution is 5.79. The molecule has 3 nitrogen and oxygen atoms in total. The number of aromatic nitrogens is 1. The molecule has 0 amide bonds. The molecule has 0 aliphatic rings. The van der Waals surface area contributed by atoms with Crippen molar-refractivity contribution in [2.24, 2.45) is 0 Å². The molecular weight excluding hydrogens is 234 g/mol. The zero-order chi connectivity index (χ0) is 13.7. The second-order valence-electron chi connectivity index (χ2n) is 6.11. The minimum Gasteiger partial charge on any atom is -0.361 e. The fraction of sp³-hybridized carbons (Fsp3) is 0.500. The first-order chi connectivity index (χ1) is 9.04. The second kappa shape index (κ2) is 6.22. The van der Waals surface area contributed by atoms with Gasteiger partial charge in [0.25, 0.3) is 0 Å². The summed E-state index contributed by atoms with van der Waals surface area (Å²) in [6, 6.07) is 8.68. The maximum atomic E-state index is 3.50. The lowest BCUT2D eigenvalue weighted by Crippen LogP contribution is -2.37. The highest BCUT2D eigenvalue weighted by atomic mass is 14.9. The van der Waals surface area contributed by atoms with Crippen LogP contribution in [0.25, 0.3) is 10.9 Å². The van der Waals surface area contributed by atoms with Gasteiger partial charge in [-0.25, -0.2) is 0 Å². The molecule has 0 unspecified atom stereocenters. The third kappa shape index (κ3) is 4.69. The zero-order valence-electron chi connectivity index (χ0n) is 12.2. The number of hydrogen-bond donors (Lipinski definition) is 3. The Hall–Kier alpha value is -1.32. The molecule has 0 saturated carbocycles. The maximum Gasteiger partial charge on any atom is 0.0457 e. The number of benzene rings is 1. The Morgan fingerprint density at radius 2 is 1.95 bits per heavy atom. The lowest BCUT2D eigenvalue weighted by atomic mass is 10.1. The molecule has 3 heteroatoms. The Bertz CT molecular complexity index is 508. The zero-order valence-corrected chi connectivity index (χ0v) is 12.2. The van der Waals surface area contributed by atoms with Crippen molar-refractivity contribution in [1.29, 1.82) is 0 Å². The van der Waals surface area contributed by atoms with E-state index in [1.807, 2.05) is 6.20 Å². The van der Waals surface area contributed by atoms with Crippen molar-refractivity contribution in [3.8, 4) is 0 Å². The van der Waals surface area contributed by atoms with Crippen LogP contribution in [0, 0.1) is 0 Å². The van der Waals surface area contributed by atoms with Gasteiger partial charge in [-0.05, 0) is 63.4 Å². The molecule has 1 aromatic carbocycles. The predicted octanol–water partition coefficient (Wildman–Crippen LogP) is 3.04. The van der Waals surface area contributed by atoms with Crippen LogP contribution in [0.5, 0.6) is 0 Å². The van der Waals surface area contributed by atoms with Gasteiger partial charge >= 0.3 is 0 Å². The highest BCUT2D eigenvalue weighted by Crippen LogP contribution is 2.13. The normalized spacial score (nSPS) is 12.2. The van der Waals surface area contributed by atoms with Gasteiger partial charge in [0.15, 0.2) is 0 Å². The summed E-state index contributed by atoms with van der Waals surface area (Å²) in [5, 5.41) is 8.26. The van der Waals surface area contributed by atoms with E-state index in [4.69, 9.17) is 0 Å². The van der Waals surface area contributed by atoms with Gasteiger partial charge in [-0.2, -0.15) is 0 Å². The third-order valence-electron chi connectivity index (χ3n) is 3.13. The molecule has 19 heavy (non-hydrogen) atoms. The van der Waals surface area contributed by atoms with Crippen LogP contribution in [-0.4, -0.2) is 23.6 Å². The molecule has 0 bridgehead atoms. The Morgan fingerprint density at radius 3 is 2.74 bits per heavy atom. The molecule has 0 spiro atoms. The molecule has 0 saturated heterocycles. The number of H-pyrrole nitrogens is 1. The van der Waals surface area contributed by atoms with Crippen molar-refractivity contribution in [3.05, 3.63) is 36.0 Å². The fourth-order valence-corrected chi connectivity index (χ4v) is 2.11. The van der Waals surface area contributed by atoms with Gasteiger partial charge in [0.1, 0.15) is 0 Å². The molecule has 104 valence electrons. The number of hydrogen-bond acceptors (Lipinski definition) is 2. The van der Waals surface area contributed by atoms with E-state index in [1.54, 1.807) is 0 Å². The molecule has 0 aliphatic carbocycles. The van der Waals surface area contributed by atoms with Crippen molar-refractivity contribution < 1.29 is 0 Å². The predicted molar refractivity (Wildman–Crippen MR) is 82.4 cm³/mol. The SMILES string of the molecule is CC(C)(C)NCCCNCc1ccc2cc[nH]c2c1. The number of nitrogens with one attached hydrogen (secondary N) is 3. The summed E-state index contributed by atoms with van der Waals surface area (Å²) in [4.78, 5) is 3.25. The molecule has 0 aliphatic heterocycles. The van der Waals surface area contributed by atoms with Crippen molar-refractivity contribution in [3.63, 3.8) is 0 Å². The summed E-state index contributed by atoms with van der Waals surface area (Å²) in [6.07, 6.45) is 3.14. The molecule has 3 N–H and O–H groups in total. The molecule has 1 aromatic heterocycles. The number of rotatable bonds is 6. The summed E-state index contributed by atoms with van der Waals surface area (Å²) in [5.41, 5.74) is 2.77. The minimum atomic E-state index is 0.221. The molecular formula is C16H25N3. The molecule has 2 rings (SSSR count). The van der Waals surface area contributed by atoms with E-state index >= 15 is 0 Å². The van der Waals surface area contributed by atoms with Crippen LogP contribution in [0.2, 0.25) is 0 Å². The van der Waals surface area contributed by atoms with E-state index in [0.717, 1.165) is 26.1 Å². The first-order valence-electron chi connectivity index (χ1n) is 7.06. The summed E-state index contributed by atoms with van der Waals surface area (Å²) in [7, 11) is 0. The van der Waals surface area contributed by atoms with Crippen molar-refractivity contribution >= 4 is 10.9 Å². The quantitative estimate of drug-likeness (QED) is 0.698. The van der Waals surface area contributed by atoms with Crippen molar-refractivity contribution in [2.45, 2.75) is 39.3 Å². The monoisotopic (exact) mass is 259 g/mol. The average molecular weight is 259 g/mol. The van der Waals surface area contributed by atoms with E-state index in [2.05, 4.69) is 60.7 Å². The molecule has 1 heterocycles. The van der Waals surface area contributed by atoms with E-state index in [-0.39, 0.29) is 5.54 Å². The van der Waals surface area contributed by atoms with Crippen LogP contribution in [0.4, 0.5) is 0 Å². The summed E-state index contributed by atoms with van der Waals surface area (Å²) in [6.45, 7) is 9.65. The topological polar surface area (TPSA) is 39.8 Å². The Morgan fingerprint density at radius 1 is 1.11 bits per heavy atom. The van der Waals surface area contributed by atoms with Crippen LogP contribution in [-0.2, 0) is 6.54 Å². The van der Waals surface area contributed by atoms with Crippen LogP contribution in [0.3, 0.4) is 0 Å². The van der Waals surface area contributed by atoms with Gasteiger partial charge in [0.05, 0.1) is 0 Å². The van der Waals surface area contributed by atoms with E-state index in [9.17, 15) is 0 Å². The van der Waals surface area contributed by atoms with Crippen molar-refractivity contribution in [1.82, 2.24) is 15.6 Å². The number of aromatic amines is 1.